The van der Waals surface area contributed by atoms with E-state index < -0.39 is 0 Å². The molecule has 1 atom stereocenters. The van der Waals surface area contributed by atoms with E-state index in [4.69, 9.17) is 10.00 Å². The minimum absolute atomic E-state index is 0. The number of ether oxygens (including phenoxy) is 1. The molecule has 27 heavy (non-hydrogen) atoms. The quantitative estimate of drug-likeness (QED) is 0.671. The number of benzene rings is 1. The van der Waals surface area contributed by atoms with Crippen LogP contribution in [0.5, 0.6) is 5.75 Å². The molecular weight excluding hydrogens is 389 g/mol. The molecule has 0 radical (unpaired) electrons. The van der Waals surface area contributed by atoms with Crippen molar-refractivity contribution in [2.24, 2.45) is 0 Å². The number of aryl methyl sites for hydroxylation is 1. The van der Waals surface area contributed by atoms with Crippen molar-refractivity contribution in [2.75, 3.05) is 25.0 Å². The summed E-state index contributed by atoms with van der Waals surface area (Å²) in [5.74, 6) is 1.58. The molecule has 3 rings (SSSR count). The zero-order valence-electron chi connectivity index (χ0n) is 14.9. The van der Waals surface area contributed by atoms with E-state index in [0.717, 1.165) is 50.2 Å². The maximum atomic E-state index is 8.94. The van der Waals surface area contributed by atoms with Gasteiger partial charge in [-0.15, -0.1) is 24.8 Å². The summed E-state index contributed by atoms with van der Waals surface area (Å²) in [6.07, 6.45) is 6.58. The maximum absolute atomic E-state index is 8.94. The first-order valence-corrected chi connectivity index (χ1v) is 8.26. The molecule has 0 saturated carbocycles. The van der Waals surface area contributed by atoms with Crippen LogP contribution in [0.15, 0.2) is 36.7 Å². The fraction of sp³-hybridized carbons (Fsp3) is 0.389. The first-order valence-electron chi connectivity index (χ1n) is 8.26. The molecule has 1 unspecified atom stereocenters. The zero-order chi connectivity index (χ0) is 16.6. The number of nitrogens with one attached hydrogen (secondary N) is 2. The number of fused-ring (bicyclic) bond motifs is 1. The van der Waals surface area contributed by atoms with E-state index in [1.54, 1.807) is 18.5 Å². The topological polar surface area (TPSA) is 114 Å². The highest BCUT2D eigenvalue weighted by Crippen LogP contribution is 2.28. The van der Waals surface area contributed by atoms with E-state index in [1.807, 2.05) is 18.2 Å². The molecule has 0 fully saturated rings. The van der Waals surface area contributed by atoms with Gasteiger partial charge in [-0.1, -0.05) is 0 Å². The third kappa shape index (κ3) is 7.57. The van der Waals surface area contributed by atoms with Crippen molar-refractivity contribution >= 4 is 30.8 Å². The van der Waals surface area contributed by atoms with Gasteiger partial charge in [-0.3, -0.25) is 0 Å². The highest BCUT2D eigenvalue weighted by atomic mass is 35.5. The first-order chi connectivity index (χ1) is 11.8. The lowest BCUT2D eigenvalue weighted by Gasteiger charge is -2.26. The van der Waals surface area contributed by atoms with Crippen LogP contribution in [0.25, 0.3) is 0 Å². The van der Waals surface area contributed by atoms with E-state index in [0.29, 0.717) is 11.5 Å². The second-order valence-electron chi connectivity index (χ2n) is 5.77. The summed E-state index contributed by atoms with van der Waals surface area (Å²) in [6.45, 7) is 2.59. The number of halogens is 2. The Kier molecular flexibility index (Phi) is 12.1. The molecule has 2 heterocycles. The molecule has 2 aromatic rings. The van der Waals surface area contributed by atoms with Crippen LogP contribution in [-0.4, -0.2) is 41.2 Å². The normalized spacial score (nSPS) is 14.1. The fourth-order valence-corrected chi connectivity index (χ4v) is 2.73. The molecule has 1 aliphatic rings. The third-order valence-electron chi connectivity index (χ3n) is 3.97. The lowest BCUT2D eigenvalue weighted by atomic mass is 10.0. The predicted molar refractivity (Wildman–Crippen MR) is 110 cm³/mol. The summed E-state index contributed by atoms with van der Waals surface area (Å²) in [5, 5.41) is 15.6. The van der Waals surface area contributed by atoms with Crippen molar-refractivity contribution in [1.29, 1.82) is 5.26 Å². The van der Waals surface area contributed by atoms with Crippen LogP contribution in [0.2, 0.25) is 0 Å². The summed E-state index contributed by atoms with van der Waals surface area (Å²) in [5.41, 5.74) is 1.83. The van der Waals surface area contributed by atoms with Gasteiger partial charge in [0.2, 0.25) is 5.95 Å². The number of rotatable bonds is 7. The molecular formula is C18H25Cl2N5O2. The Hall–Kier alpha value is -2.11. The molecule has 1 aromatic heterocycles. The molecule has 0 bridgehead atoms. The molecule has 0 amide bonds. The van der Waals surface area contributed by atoms with Gasteiger partial charge >= 0.3 is 0 Å². The molecule has 1 aromatic carbocycles. The van der Waals surface area contributed by atoms with Crippen molar-refractivity contribution in [3.05, 3.63) is 47.8 Å². The number of hydrogen-bond acceptors (Lipinski definition) is 6. The number of hydrogen-bond donors (Lipinski definition) is 2. The number of anilines is 1. The van der Waals surface area contributed by atoms with Gasteiger partial charge in [0.15, 0.2) is 0 Å². The summed E-state index contributed by atoms with van der Waals surface area (Å²) in [7, 11) is 0. The standard InChI is InChI=1S/C18H21N5O.2ClH.H2O/c19-12-14-3-6-17-15(11-14)4-5-16(24-17)13-20-7-1-8-21-18-22-9-2-10-23-18;;;/h2-3,6,9-11,16,20H,1,4-5,7-8,13H2,(H,21,22,23);2*1H;1H2. The SMILES string of the molecule is Cl.Cl.N#Cc1ccc2c(c1)CCC(CNCCCNc1ncccn1)O2.O. The zero-order valence-corrected chi connectivity index (χ0v) is 16.5. The lowest BCUT2D eigenvalue weighted by molar-refractivity contribution is 0.171. The Bertz CT molecular complexity index is 713. The van der Waals surface area contributed by atoms with Gasteiger partial charge in [0.05, 0.1) is 11.6 Å². The first kappa shape index (κ1) is 24.9. The van der Waals surface area contributed by atoms with Gasteiger partial charge in [-0.05, 0) is 55.6 Å². The molecule has 0 saturated heterocycles. The second-order valence-corrected chi connectivity index (χ2v) is 5.77. The Morgan fingerprint density at radius 1 is 1.19 bits per heavy atom. The van der Waals surface area contributed by atoms with Crippen molar-refractivity contribution in [2.45, 2.75) is 25.4 Å². The van der Waals surface area contributed by atoms with Crippen LogP contribution in [0.1, 0.15) is 24.0 Å². The monoisotopic (exact) mass is 413 g/mol. The predicted octanol–water partition coefficient (Wildman–Crippen LogP) is 2.15. The van der Waals surface area contributed by atoms with Crippen LogP contribution in [-0.2, 0) is 6.42 Å². The fourth-order valence-electron chi connectivity index (χ4n) is 2.73. The van der Waals surface area contributed by atoms with Crippen molar-refractivity contribution in [3.8, 4) is 11.8 Å². The van der Waals surface area contributed by atoms with Crippen LogP contribution in [0, 0.1) is 11.3 Å². The Morgan fingerprint density at radius 2 is 1.96 bits per heavy atom. The molecule has 148 valence electrons. The third-order valence-corrected chi connectivity index (χ3v) is 3.97. The van der Waals surface area contributed by atoms with Crippen molar-refractivity contribution < 1.29 is 10.2 Å². The summed E-state index contributed by atoms with van der Waals surface area (Å²) in [6, 6.07) is 9.62. The highest BCUT2D eigenvalue weighted by molar-refractivity contribution is 5.85. The van der Waals surface area contributed by atoms with Crippen LogP contribution >= 0.6 is 24.8 Å². The molecule has 0 aliphatic carbocycles. The van der Waals surface area contributed by atoms with Gasteiger partial charge < -0.3 is 20.8 Å². The largest absolute Gasteiger partial charge is 0.489 e. The van der Waals surface area contributed by atoms with E-state index in [-0.39, 0.29) is 36.4 Å². The summed E-state index contributed by atoms with van der Waals surface area (Å²) < 4.78 is 6.00. The van der Waals surface area contributed by atoms with E-state index in [2.05, 4.69) is 26.7 Å². The Labute approximate surface area is 171 Å². The molecule has 4 N–H and O–H groups in total. The number of nitrogens with zero attached hydrogens (tertiary/aromatic N) is 3. The van der Waals surface area contributed by atoms with Gasteiger partial charge in [-0.25, -0.2) is 9.97 Å². The van der Waals surface area contributed by atoms with Gasteiger partial charge in [-0.2, -0.15) is 5.26 Å². The molecule has 1 aliphatic heterocycles. The molecule has 0 spiro atoms. The van der Waals surface area contributed by atoms with E-state index in [9.17, 15) is 0 Å². The van der Waals surface area contributed by atoms with E-state index >= 15 is 0 Å². The second kappa shape index (κ2) is 13.1. The minimum Gasteiger partial charge on any atom is -0.489 e. The Balaban J connectivity index is 0.00000225. The maximum Gasteiger partial charge on any atom is 0.222 e. The molecule has 7 nitrogen and oxygen atoms in total. The van der Waals surface area contributed by atoms with Gasteiger partial charge in [0, 0.05) is 25.5 Å². The average molecular weight is 414 g/mol. The summed E-state index contributed by atoms with van der Waals surface area (Å²) >= 11 is 0. The highest BCUT2D eigenvalue weighted by Gasteiger charge is 2.19. The van der Waals surface area contributed by atoms with Crippen molar-refractivity contribution in [3.63, 3.8) is 0 Å². The van der Waals surface area contributed by atoms with E-state index in [1.165, 1.54) is 0 Å². The average Bonchev–Trinajstić information content (AvgIpc) is 2.65. The number of nitriles is 1. The van der Waals surface area contributed by atoms with Crippen LogP contribution in [0.3, 0.4) is 0 Å². The smallest absolute Gasteiger partial charge is 0.222 e. The van der Waals surface area contributed by atoms with Crippen LogP contribution < -0.4 is 15.4 Å². The minimum atomic E-state index is 0. The van der Waals surface area contributed by atoms with Crippen LogP contribution in [0.4, 0.5) is 5.95 Å². The number of aromatic nitrogens is 2. The summed E-state index contributed by atoms with van der Waals surface area (Å²) in [4.78, 5) is 8.24. The van der Waals surface area contributed by atoms with Crippen molar-refractivity contribution in [1.82, 2.24) is 15.3 Å². The molecule has 9 heteroatoms. The lowest BCUT2D eigenvalue weighted by Crippen LogP contribution is -2.35. The van der Waals surface area contributed by atoms with Gasteiger partial charge in [0.25, 0.3) is 0 Å². The van der Waals surface area contributed by atoms with Gasteiger partial charge in [0.1, 0.15) is 11.9 Å². The Morgan fingerprint density at radius 3 is 2.70 bits per heavy atom.